The van der Waals surface area contributed by atoms with Crippen molar-refractivity contribution in [1.29, 1.82) is 0 Å². The molecular weight excluding hydrogens is 212 g/mol. The van der Waals surface area contributed by atoms with Crippen LogP contribution in [0.4, 0.5) is 0 Å². The second kappa shape index (κ2) is 3.98. The van der Waals surface area contributed by atoms with E-state index in [2.05, 4.69) is 4.74 Å². The third kappa shape index (κ3) is 1.72. The maximum atomic E-state index is 11.4. The molecule has 0 saturated heterocycles. The van der Waals surface area contributed by atoms with Crippen molar-refractivity contribution in [3.05, 3.63) is 29.8 Å². The number of hydrogen-bond acceptors (Lipinski definition) is 4. The molecule has 1 atom stereocenters. The first-order valence-electron chi connectivity index (χ1n) is 4.58. The van der Waals surface area contributed by atoms with Gasteiger partial charge < -0.3 is 9.47 Å². The number of fused-ring (bicyclic) bond motifs is 1. The number of esters is 1. The Labute approximate surface area is 93.0 Å². The molecule has 0 bridgehead atoms. The van der Waals surface area contributed by atoms with Crippen molar-refractivity contribution in [2.24, 2.45) is 5.92 Å². The number of methoxy groups -OCH3 is 1. The molecule has 0 spiro atoms. The van der Waals surface area contributed by atoms with Crippen molar-refractivity contribution >= 4 is 23.1 Å². The first-order valence-corrected chi connectivity index (χ1v) is 4.98. The molecule has 3 nitrogen and oxygen atoms in total. The molecule has 78 valence electrons. The Morgan fingerprint density at radius 1 is 1.53 bits per heavy atom. The van der Waals surface area contributed by atoms with Crippen LogP contribution < -0.4 is 4.74 Å². The molecule has 0 fully saturated rings. The first-order chi connectivity index (χ1) is 7.24. The summed E-state index contributed by atoms with van der Waals surface area (Å²) in [6.07, 6.45) is 0. The average molecular weight is 222 g/mol. The van der Waals surface area contributed by atoms with E-state index in [1.165, 1.54) is 7.11 Å². The Kier molecular flexibility index (Phi) is 2.68. The van der Waals surface area contributed by atoms with Crippen molar-refractivity contribution in [1.82, 2.24) is 0 Å². The summed E-state index contributed by atoms with van der Waals surface area (Å²) in [6.45, 7) is 0.266. The highest BCUT2D eigenvalue weighted by molar-refractivity contribution is 7.81. The number of thiocarbonyl (C=S) groups is 1. The van der Waals surface area contributed by atoms with Crippen LogP contribution in [-0.2, 0) is 9.53 Å². The molecule has 1 heterocycles. The van der Waals surface area contributed by atoms with Gasteiger partial charge in [-0.1, -0.05) is 30.4 Å². The van der Waals surface area contributed by atoms with Gasteiger partial charge in [-0.2, -0.15) is 0 Å². The normalized spacial score (nSPS) is 19.0. The van der Waals surface area contributed by atoms with Gasteiger partial charge in [-0.15, -0.1) is 0 Å². The van der Waals surface area contributed by atoms with Gasteiger partial charge in [0.15, 0.2) is 0 Å². The predicted molar refractivity (Wildman–Crippen MR) is 59.1 cm³/mol. The van der Waals surface area contributed by atoms with Crippen LogP contribution in [0.2, 0.25) is 0 Å². The fourth-order valence-corrected chi connectivity index (χ4v) is 1.88. The van der Waals surface area contributed by atoms with Gasteiger partial charge in [0.2, 0.25) is 0 Å². The molecule has 0 radical (unpaired) electrons. The lowest BCUT2D eigenvalue weighted by atomic mass is 9.96. The lowest BCUT2D eigenvalue weighted by molar-refractivity contribution is -0.143. The summed E-state index contributed by atoms with van der Waals surface area (Å²) < 4.78 is 10.1. The summed E-state index contributed by atoms with van der Waals surface area (Å²) in [7, 11) is 1.35. The van der Waals surface area contributed by atoms with E-state index in [4.69, 9.17) is 17.0 Å². The predicted octanol–water partition coefficient (Wildman–Crippen LogP) is 1.59. The third-order valence-corrected chi connectivity index (χ3v) is 2.86. The molecule has 0 saturated carbocycles. The van der Waals surface area contributed by atoms with Gasteiger partial charge in [0.1, 0.15) is 18.3 Å². The van der Waals surface area contributed by atoms with E-state index in [1.807, 2.05) is 24.3 Å². The molecule has 1 aliphatic heterocycles. The molecule has 0 aromatic heterocycles. The van der Waals surface area contributed by atoms with E-state index in [0.29, 0.717) is 4.86 Å². The van der Waals surface area contributed by atoms with Gasteiger partial charge in [0.05, 0.1) is 7.11 Å². The highest BCUT2D eigenvalue weighted by Gasteiger charge is 2.31. The quantitative estimate of drug-likeness (QED) is 0.534. The molecule has 1 aromatic rings. The monoisotopic (exact) mass is 222 g/mol. The second-order valence-corrected chi connectivity index (χ2v) is 3.69. The zero-order valence-electron chi connectivity index (χ0n) is 8.23. The van der Waals surface area contributed by atoms with E-state index < -0.39 is 5.92 Å². The molecule has 1 aliphatic rings. The summed E-state index contributed by atoms with van der Waals surface area (Å²) in [6, 6.07) is 7.44. The van der Waals surface area contributed by atoms with E-state index in [-0.39, 0.29) is 12.6 Å². The summed E-state index contributed by atoms with van der Waals surface area (Å²) >= 11 is 5.24. The number of ether oxygens (including phenoxy) is 2. The van der Waals surface area contributed by atoms with Crippen LogP contribution >= 0.6 is 12.2 Å². The fraction of sp³-hybridized carbons (Fsp3) is 0.273. The van der Waals surface area contributed by atoms with E-state index in [0.717, 1.165) is 11.3 Å². The van der Waals surface area contributed by atoms with Crippen molar-refractivity contribution in [3.63, 3.8) is 0 Å². The Hall–Kier alpha value is -1.42. The molecule has 0 amide bonds. The summed E-state index contributed by atoms with van der Waals surface area (Å²) in [4.78, 5) is 12.0. The summed E-state index contributed by atoms with van der Waals surface area (Å²) in [5, 5.41) is 0. The lowest BCUT2D eigenvalue weighted by Crippen LogP contribution is -2.34. The maximum absolute atomic E-state index is 11.4. The van der Waals surface area contributed by atoms with E-state index in [9.17, 15) is 4.79 Å². The Morgan fingerprint density at radius 3 is 3.00 bits per heavy atom. The highest BCUT2D eigenvalue weighted by atomic mass is 32.1. The number of carbonyl (C=O) groups is 1. The maximum Gasteiger partial charge on any atom is 0.317 e. The van der Waals surface area contributed by atoms with Gasteiger partial charge in [-0.3, -0.25) is 4.79 Å². The minimum Gasteiger partial charge on any atom is -0.492 e. The van der Waals surface area contributed by atoms with Gasteiger partial charge >= 0.3 is 5.97 Å². The van der Waals surface area contributed by atoms with Crippen LogP contribution in [0.15, 0.2) is 24.3 Å². The fourth-order valence-electron chi connectivity index (χ4n) is 1.55. The lowest BCUT2D eigenvalue weighted by Gasteiger charge is -2.24. The number of para-hydroxylation sites is 1. The SMILES string of the molecule is COC(=O)C1COc2ccccc2C1=S. The Morgan fingerprint density at radius 2 is 2.27 bits per heavy atom. The van der Waals surface area contributed by atoms with Crippen LogP contribution in [0.3, 0.4) is 0 Å². The topological polar surface area (TPSA) is 35.5 Å². The van der Waals surface area contributed by atoms with E-state index >= 15 is 0 Å². The van der Waals surface area contributed by atoms with Gasteiger partial charge in [0, 0.05) is 10.4 Å². The second-order valence-electron chi connectivity index (χ2n) is 3.25. The molecule has 0 aliphatic carbocycles. The minimum absolute atomic E-state index is 0.266. The zero-order valence-corrected chi connectivity index (χ0v) is 9.04. The Balaban J connectivity index is 2.34. The summed E-state index contributed by atoms with van der Waals surface area (Å²) in [5.74, 6) is -0.0583. The van der Waals surface area contributed by atoms with Crippen molar-refractivity contribution in [2.45, 2.75) is 0 Å². The molecule has 1 unspecified atom stereocenters. The molecule has 2 rings (SSSR count). The molecule has 15 heavy (non-hydrogen) atoms. The minimum atomic E-state index is -0.458. The van der Waals surface area contributed by atoms with Gasteiger partial charge in [-0.05, 0) is 6.07 Å². The van der Waals surface area contributed by atoms with Crippen LogP contribution in [0.5, 0.6) is 5.75 Å². The first kappa shape index (κ1) is 10.1. The summed E-state index contributed by atoms with van der Waals surface area (Å²) in [5.41, 5.74) is 0.814. The van der Waals surface area contributed by atoms with Crippen molar-refractivity contribution in [3.8, 4) is 5.75 Å². The Bertz CT molecular complexity index is 414. The number of hydrogen-bond donors (Lipinski definition) is 0. The van der Waals surface area contributed by atoms with Crippen LogP contribution in [-0.4, -0.2) is 24.6 Å². The smallest absolute Gasteiger partial charge is 0.317 e. The van der Waals surface area contributed by atoms with Crippen molar-refractivity contribution in [2.75, 3.05) is 13.7 Å². The van der Waals surface area contributed by atoms with Crippen LogP contribution in [0, 0.1) is 5.92 Å². The number of benzene rings is 1. The van der Waals surface area contributed by atoms with E-state index in [1.54, 1.807) is 0 Å². The van der Waals surface area contributed by atoms with Gasteiger partial charge in [-0.25, -0.2) is 0 Å². The van der Waals surface area contributed by atoms with Crippen molar-refractivity contribution < 1.29 is 14.3 Å². The standard InChI is InChI=1S/C11H10O3S/c1-13-11(12)8-6-14-9-5-3-2-4-7(9)10(8)15/h2-5,8H,6H2,1H3. The number of carbonyl (C=O) groups excluding carboxylic acids is 1. The number of rotatable bonds is 1. The van der Waals surface area contributed by atoms with Gasteiger partial charge in [0.25, 0.3) is 0 Å². The third-order valence-electron chi connectivity index (χ3n) is 2.36. The molecule has 1 aromatic carbocycles. The van der Waals surface area contributed by atoms with Crippen LogP contribution in [0.25, 0.3) is 0 Å². The van der Waals surface area contributed by atoms with Crippen LogP contribution in [0.1, 0.15) is 5.56 Å². The molecule has 0 N–H and O–H groups in total. The average Bonchev–Trinajstić information content (AvgIpc) is 2.29. The largest absolute Gasteiger partial charge is 0.492 e. The highest BCUT2D eigenvalue weighted by Crippen LogP contribution is 2.28. The zero-order chi connectivity index (χ0) is 10.8. The molecule has 4 heteroatoms. The molecular formula is C11H10O3S.